The lowest BCUT2D eigenvalue weighted by Crippen LogP contribution is -2.14. The molecular weight excluding hydrogens is 201 g/mol. The minimum Gasteiger partial charge on any atom is -0.303 e. The zero-order chi connectivity index (χ0) is 10.2. The van der Waals surface area contributed by atoms with Crippen molar-refractivity contribution in [3.05, 3.63) is 0 Å². The van der Waals surface area contributed by atoms with E-state index in [0.29, 0.717) is 0 Å². The summed E-state index contributed by atoms with van der Waals surface area (Å²) in [6.45, 7) is 1.33. The van der Waals surface area contributed by atoms with Gasteiger partial charge in [0.1, 0.15) is 13.2 Å². The molecule has 1 aliphatic rings. The smallest absolute Gasteiger partial charge is 0.303 e. The minimum absolute atomic E-state index is 0.00882. The number of phosphoric acid groups is 1. The third-order valence-corrected chi connectivity index (χ3v) is 1.33. The van der Waals surface area contributed by atoms with Crippen molar-refractivity contribution in [1.29, 1.82) is 5.26 Å². The lowest BCUT2D eigenvalue weighted by molar-refractivity contribution is -0.382. The van der Waals surface area contributed by atoms with Gasteiger partial charge in [0, 0.05) is 0 Å². The summed E-state index contributed by atoms with van der Waals surface area (Å²) < 4.78 is 13.8. The molecule has 13 heavy (non-hydrogen) atoms. The molecule has 0 spiro atoms. The molecule has 1 aliphatic heterocycles. The summed E-state index contributed by atoms with van der Waals surface area (Å²) in [5.41, 5.74) is 0. The van der Waals surface area contributed by atoms with E-state index in [9.17, 15) is 4.57 Å². The molecule has 0 aliphatic carbocycles. The lowest BCUT2D eigenvalue weighted by Gasteiger charge is -2.08. The van der Waals surface area contributed by atoms with E-state index in [-0.39, 0.29) is 13.0 Å². The summed E-state index contributed by atoms with van der Waals surface area (Å²) in [7, 11) is -4.35. The third kappa shape index (κ3) is 11.5. The Morgan fingerprint density at radius 1 is 1.46 bits per heavy atom. The topological polar surface area (TPSA) is 109 Å². The van der Waals surface area contributed by atoms with Crippen LogP contribution in [0.1, 0.15) is 6.42 Å². The molecule has 76 valence electrons. The van der Waals surface area contributed by atoms with Gasteiger partial charge in [0.05, 0.1) is 19.1 Å². The molecule has 0 radical (unpaired) electrons. The second-order valence-corrected chi connectivity index (χ2v) is 3.12. The second kappa shape index (κ2) is 6.97. The highest BCUT2D eigenvalue weighted by Crippen LogP contribution is 2.35. The van der Waals surface area contributed by atoms with Gasteiger partial charge < -0.3 is 9.79 Å². The lowest BCUT2D eigenvalue weighted by atomic mass is 10.5. The Hall–Kier alpha value is -0.480. The fourth-order valence-corrected chi connectivity index (χ4v) is 0.623. The van der Waals surface area contributed by atoms with E-state index in [2.05, 4.69) is 14.3 Å². The predicted molar refractivity (Wildman–Crippen MR) is 40.1 cm³/mol. The largest absolute Gasteiger partial charge is 0.469 e. The van der Waals surface area contributed by atoms with E-state index in [0.717, 1.165) is 13.2 Å². The molecule has 0 aromatic heterocycles. The van der Waals surface area contributed by atoms with Crippen LogP contribution in [-0.4, -0.2) is 29.6 Å². The fourth-order valence-electron chi connectivity index (χ4n) is 0.294. The van der Waals surface area contributed by atoms with Crippen LogP contribution < -0.4 is 0 Å². The first-order valence-corrected chi connectivity index (χ1v) is 4.91. The molecule has 0 bridgehead atoms. The van der Waals surface area contributed by atoms with Crippen LogP contribution in [-0.2, 0) is 18.9 Å². The molecule has 0 unspecified atom stereocenters. The number of rotatable bonds is 3. The average Bonchev–Trinajstić information content (AvgIpc) is 1.80. The standard InChI is InChI=1S/C3H6NO4P.C2H4O2/c4-2-1-3-8-9(5,6)7;1-2-4-3-1/h1,3H2,(H2,5,6,7);1-2H2. The van der Waals surface area contributed by atoms with Crippen molar-refractivity contribution in [3.8, 4) is 6.07 Å². The van der Waals surface area contributed by atoms with E-state index < -0.39 is 7.82 Å². The summed E-state index contributed by atoms with van der Waals surface area (Å²) in [5.74, 6) is 0. The van der Waals surface area contributed by atoms with Crippen molar-refractivity contribution in [3.63, 3.8) is 0 Å². The second-order valence-electron chi connectivity index (χ2n) is 1.88. The highest BCUT2D eigenvalue weighted by molar-refractivity contribution is 7.46. The Bertz CT molecular complexity index is 200. The Labute approximate surface area is 75.0 Å². The molecule has 2 N–H and O–H groups in total. The van der Waals surface area contributed by atoms with E-state index in [1.807, 2.05) is 0 Å². The van der Waals surface area contributed by atoms with Crippen molar-refractivity contribution < 1.29 is 28.7 Å². The van der Waals surface area contributed by atoms with Crippen LogP contribution in [0.3, 0.4) is 0 Å². The van der Waals surface area contributed by atoms with Crippen LogP contribution >= 0.6 is 7.82 Å². The van der Waals surface area contributed by atoms with Gasteiger partial charge in [-0.15, -0.1) is 0 Å². The van der Waals surface area contributed by atoms with Crippen LogP contribution in [0.4, 0.5) is 0 Å². The highest BCUT2D eigenvalue weighted by Gasteiger charge is 2.11. The molecule has 0 saturated carbocycles. The van der Waals surface area contributed by atoms with Crippen LogP contribution in [0.2, 0.25) is 0 Å². The van der Waals surface area contributed by atoms with Gasteiger partial charge in [0.25, 0.3) is 0 Å². The maximum Gasteiger partial charge on any atom is 0.469 e. The molecule has 0 amide bonds. The molecule has 8 heteroatoms. The number of nitriles is 1. The number of nitrogens with zero attached hydrogens (tertiary/aromatic N) is 1. The van der Waals surface area contributed by atoms with Crippen LogP contribution in [0, 0.1) is 11.3 Å². The van der Waals surface area contributed by atoms with E-state index >= 15 is 0 Å². The molecule has 7 nitrogen and oxygen atoms in total. The summed E-state index contributed by atoms with van der Waals surface area (Å²) in [6, 6.07) is 1.67. The van der Waals surface area contributed by atoms with Crippen molar-refractivity contribution in [2.45, 2.75) is 6.42 Å². The van der Waals surface area contributed by atoms with Crippen molar-refractivity contribution in [2.75, 3.05) is 19.8 Å². The Kier molecular flexibility index (Phi) is 6.72. The summed E-state index contributed by atoms with van der Waals surface area (Å²) in [4.78, 5) is 24.5. The molecule has 0 aromatic carbocycles. The monoisotopic (exact) mass is 211 g/mol. The van der Waals surface area contributed by atoms with Gasteiger partial charge in [0.15, 0.2) is 0 Å². The molecule has 1 saturated heterocycles. The summed E-state index contributed by atoms with van der Waals surface area (Å²) in [5, 5.41) is 7.88. The SMILES string of the molecule is C1COO1.N#CCCOP(=O)(O)O. The molecule has 0 atom stereocenters. The average molecular weight is 211 g/mol. The molecule has 1 rings (SSSR count). The number of hydrogen-bond acceptors (Lipinski definition) is 5. The minimum atomic E-state index is -4.35. The van der Waals surface area contributed by atoms with Crippen LogP contribution in [0.5, 0.6) is 0 Å². The maximum absolute atomic E-state index is 9.87. The van der Waals surface area contributed by atoms with Gasteiger partial charge in [-0.2, -0.15) is 5.26 Å². The number of phosphoric ester groups is 1. The van der Waals surface area contributed by atoms with Crippen LogP contribution in [0.25, 0.3) is 0 Å². The predicted octanol–water partition coefficient (Wildman–Crippen LogP) is -0.0424. The summed E-state index contributed by atoms with van der Waals surface area (Å²) >= 11 is 0. The maximum atomic E-state index is 9.87. The molecule has 1 fully saturated rings. The van der Waals surface area contributed by atoms with E-state index in [1.54, 1.807) is 6.07 Å². The quantitative estimate of drug-likeness (QED) is 0.382. The Morgan fingerprint density at radius 3 is 2.15 bits per heavy atom. The first kappa shape index (κ1) is 12.5. The summed E-state index contributed by atoms with van der Waals surface area (Å²) in [6.07, 6.45) is -0.00882. The van der Waals surface area contributed by atoms with E-state index in [4.69, 9.17) is 15.0 Å². The van der Waals surface area contributed by atoms with Gasteiger partial charge in [-0.1, -0.05) is 0 Å². The van der Waals surface area contributed by atoms with Crippen molar-refractivity contribution in [1.82, 2.24) is 0 Å². The van der Waals surface area contributed by atoms with Crippen LogP contribution in [0.15, 0.2) is 0 Å². The van der Waals surface area contributed by atoms with Gasteiger partial charge in [-0.3, -0.25) is 4.52 Å². The first-order chi connectivity index (χ1) is 6.06. The fraction of sp³-hybridized carbons (Fsp3) is 0.800. The molecule has 1 heterocycles. The molecule has 0 aromatic rings. The Balaban J connectivity index is 0.000000293. The highest BCUT2D eigenvalue weighted by atomic mass is 31.2. The van der Waals surface area contributed by atoms with Gasteiger partial charge in [-0.25, -0.2) is 14.3 Å². The zero-order valence-electron chi connectivity index (χ0n) is 6.75. The normalized spacial score (nSPS) is 14.8. The number of hydrogen-bond donors (Lipinski definition) is 2. The molecular formula is C5H10NO6P. The zero-order valence-corrected chi connectivity index (χ0v) is 7.64. The van der Waals surface area contributed by atoms with E-state index in [1.165, 1.54) is 0 Å². The third-order valence-electron chi connectivity index (χ3n) is 0.807. The Morgan fingerprint density at radius 2 is 1.92 bits per heavy atom. The van der Waals surface area contributed by atoms with Crippen molar-refractivity contribution in [2.24, 2.45) is 0 Å². The van der Waals surface area contributed by atoms with Gasteiger partial charge in [-0.05, 0) is 0 Å². The first-order valence-electron chi connectivity index (χ1n) is 3.38. The van der Waals surface area contributed by atoms with Gasteiger partial charge >= 0.3 is 7.82 Å². The van der Waals surface area contributed by atoms with Gasteiger partial charge in [0.2, 0.25) is 0 Å². The van der Waals surface area contributed by atoms with Crippen molar-refractivity contribution >= 4 is 7.82 Å².